The summed E-state index contributed by atoms with van der Waals surface area (Å²) >= 11 is 5.69. The second-order valence-corrected chi connectivity index (χ2v) is 9.72. The normalized spacial score (nSPS) is 20.4. The zero-order valence-electron chi connectivity index (χ0n) is 20.4. The Balaban J connectivity index is 1.16. The van der Waals surface area contributed by atoms with Crippen LogP contribution in [0.4, 0.5) is 17.1 Å². The zero-order valence-corrected chi connectivity index (χ0v) is 21.3. The lowest BCUT2D eigenvalue weighted by Crippen LogP contribution is -2.49. The van der Waals surface area contributed by atoms with Crippen molar-refractivity contribution in [2.75, 3.05) is 50.1 Å². The SMILES string of the molecule is COc1ccc(N2CCN(C(=S)COC3CCC(Nc4ccc([N+](=O)[O-])c(C)c4)CC3)CC2)cc1. The predicted octanol–water partition coefficient (Wildman–Crippen LogP) is 4.80. The van der Waals surface area contributed by atoms with E-state index in [9.17, 15) is 10.1 Å². The Hall–Kier alpha value is -2.91. The smallest absolute Gasteiger partial charge is 0.272 e. The molecule has 0 atom stereocenters. The van der Waals surface area contributed by atoms with E-state index >= 15 is 0 Å². The third-order valence-electron chi connectivity index (χ3n) is 6.95. The molecule has 0 radical (unpaired) electrons. The minimum absolute atomic E-state index is 0.158. The maximum absolute atomic E-state index is 11.0. The highest BCUT2D eigenvalue weighted by atomic mass is 32.1. The van der Waals surface area contributed by atoms with Crippen LogP contribution in [0.15, 0.2) is 42.5 Å². The molecule has 8 nitrogen and oxygen atoms in total. The predicted molar refractivity (Wildman–Crippen MR) is 143 cm³/mol. The number of nitrogens with one attached hydrogen (secondary N) is 1. The molecule has 188 valence electrons. The van der Waals surface area contributed by atoms with Gasteiger partial charge in [-0.1, -0.05) is 12.2 Å². The molecular formula is C26H34N4O4S. The first-order valence-corrected chi connectivity index (χ1v) is 12.6. The Morgan fingerprint density at radius 2 is 1.77 bits per heavy atom. The molecule has 35 heavy (non-hydrogen) atoms. The van der Waals surface area contributed by atoms with Crippen molar-refractivity contribution in [1.82, 2.24) is 4.90 Å². The second kappa shape index (κ2) is 11.7. The first-order chi connectivity index (χ1) is 16.9. The fourth-order valence-corrected chi connectivity index (χ4v) is 5.10. The number of nitro groups is 1. The summed E-state index contributed by atoms with van der Waals surface area (Å²) in [6.45, 7) is 5.95. The lowest BCUT2D eigenvalue weighted by Gasteiger charge is -2.38. The van der Waals surface area contributed by atoms with E-state index in [2.05, 4.69) is 27.2 Å². The van der Waals surface area contributed by atoms with Crippen molar-refractivity contribution in [3.8, 4) is 5.75 Å². The van der Waals surface area contributed by atoms with Gasteiger partial charge in [-0.05, 0) is 69.0 Å². The Morgan fingerprint density at radius 3 is 2.37 bits per heavy atom. The first-order valence-electron chi connectivity index (χ1n) is 12.2. The topological polar surface area (TPSA) is 80.1 Å². The molecule has 1 N–H and O–H groups in total. The summed E-state index contributed by atoms with van der Waals surface area (Å²) in [4.78, 5) is 16.2. The Labute approximate surface area is 212 Å². The Kier molecular flexibility index (Phi) is 8.41. The Bertz CT molecular complexity index is 1020. The molecule has 4 rings (SSSR count). The zero-order chi connectivity index (χ0) is 24.8. The van der Waals surface area contributed by atoms with Crippen molar-refractivity contribution in [2.45, 2.75) is 44.8 Å². The fourth-order valence-electron chi connectivity index (χ4n) is 4.85. The van der Waals surface area contributed by atoms with Crippen molar-refractivity contribution in [1.29, 1.82) is 0 Å². The molecule has 2 fully saturated rings. The monoisotopic (exact) mass is 498 g/mol. The van der Waals surface area contributed by atoms with Crippen molar-refractivity contribution in [2.24, 2.45) is 0 Å². The lowest BCUT2D eigenvalue weighted by molar-refractivity contribution is -0.385. The standard InChI is InChI=1S/C26H34N4O4S/c1-19-17-21(5-12-25(19)30(31)32)27-20-3-8-24(9-4-20)34-18-26(35)29-15-13-28(14-16-29)22-6-10-23(33-2)11-7-22/h5-7,10-12,17,20,24,27H,3-4,8-9,13-16,18H2,1-2H3. The number of aryl methyl sites for hydroxylation is 1. The average molecular weight is 499 g/mol. The van der Waals surface area contributed by atoms with Crippen molar-refractivity contribution in [3.05, 3.63) is 58.1 Å². The molecule has 9 heteroatoms. The van der Waals surface area contributed by atoms with Crippen LogP contribution in [0.2, 0.25) is 0 Å². The molecular weight excluding hydrogens is 464 g/mol. The van der Waals surface area contributed by atoms with Crippen molar-refractivity contribution in [3.63, 3.8) is 0 Å². The molecule has 1 saturated carbocycles. The molecule has 2 aromatic carbocycles. The van der Waals surface area contributed by atoms with Gasteiger partial charge in [-0.25, -0.2) is 0 Å². The van der Waals surface area contributed by atoms with Gasteiger partial charge in [0, 0.05) is 55.2 Å². The summed E-state index contributed by atoms with van der Waals surface area (Å²) in [6, 6.07) is 13.8. The van der Waals surface area contributed by atoms with Gasteiger partial charge >= 0.3 is 0 Å². The van der Waals surface area contributed by atoms with Gasteiger partial charge in [-0.3, -0.25) is 10.1 Å². The molecule has 0 amide bonds. The van der Waals surface area contributed by atoms with Crippen LogP contribution in [-0.4, -0.2) is 66.9 Å². The van der Waals surface area contributed by atoms with Crippen molar-refractivity contribution < 1.29 is 14.4 Å². The summed E-state index contributed by atoms with van der Waals surface area (Å²) in [7, 11) is 1.68. The highest BCUT2D eigenvalue weighted by molar-refractivity contribution is 7.80. The molecule has 1 saturated heterocycles. The minimum Gasteiger partial charge on any atom is -0.497 e. The number of thiocarbonyl (C=S) groups is 1. The van der Waals surface area contributed by atoms with E-state index in [0.717, 1.165) is 68.3 Å². The quantitative estimate of drug-likeness (QED) is 0.316. The van der Waals surface area contributed by atoms with Crippen LogP contribution in [0.1, 0.15) is 31.2 Å². The van der Waals surface area contributed by atoms with E-state index in [-0.39, 0.29) is 16.7 Å². The summed E-state index contributed by atoms with van der Waals surface area (Å²) < 4.78 is 11.4. The van der Waals surface area contributed by atoms with Gasteiger partial charge in [0.25, 0.3) is 5.69 Å². The molecule has 0 bridgehead atoms. The summed E-state index contributed by atoms with van der Waals surface area (Å²) in [5.74, 6) is 0.872. The number of anilines is 2. The highest BCUT2D eigenvalue weighted by Gasteiger charge is 2.24. The van der Waals surface area contributed by atoms with E-state index in [1.807, 2.05) is 18.2 Å². The van der Waals surface area contributed by atoms with Crippen LogP contribution >= 0.6 is 12.2 Å². The molecule has 1 heterocycles. The second-order valence-electron chi connectivity index (χ2n) is 9.25. The maximum atomic E-state index is 11.0. The van der Waals surface area contributed by atoms with Gasteiger partial charge < -0.3 is 24.6 Å². The average Bonchev–Trinajstić information content (AvgIpc) is 2.88. The van der Waals surface area contributed by atoms with Crippen LogP contribution in [0, 0.1) is 17.0 Å². The maximum Gasteiger partial charge on any atom is 0.272 e. The number of hydrogen-bond acceptors (Lipinski definition) is 7. The van der Waals surface area contributed by atoms with Gasteiger partial charge in [-0.15, -0.1) is 0 Å². The number of rotatable bonds is 8. The van der Waals surface area contributed by atoms with Gasteiger partial charge in [0.2, 0.25) is 0 Å². The third kappa shape index (κ3) is 6.61. The molecule has 0 unspecified atom stereocenters. The Morgan fingerprint density at radius 1 is 1.09 bits per heavy atom. The van der Waals surface area contributed by atoms with E-state index < -0.39 is 0 Å². The van der Waals surface area contributed by atoms with E-state index in [4.69, 9.17) is 21.7 Å². The summed E-state index contributed by atoms with van der Waals surface area (Å²) in [6.07, 6.45) is 4.21. The molecule has 0 aromatic heterocycles. The fraction of sp³-hybridized carbons (Fsp3) is 0.500. The van der Waals surface area contributed by atoms with Crippen LogP contribution in [0.3, 0.4) is 0 Å². The number of piperazine rings is 1. The molecule has 1 aliphatic heterocycles. The van der Waals surface area contributed by atoms with Gasteiger partial charge in [0.15, 0.2) is 0 Å². The lowest BCUT2D eigenvalue weighted by atomic mass is 9.92. The van der Waals surface area contributed by atoms with Crippen LogP contribution in [0.5, 0.6) is 5.75 Å². The number of nitro benzene ring substituents is 1. The van der Waals surface area contributed by atoms with Gasteiger partial charge in [0.05, 0.1) is 24.7 Å². The summed E-state index contributed by atoms with van der Waals surface area (Å²) in [5.41, 5.74) is 2.98. The molecule has 0 spiro atoms. The van der Waals surface area contributed by atoms with Gasteiger partial charge in [-0.2, -0.15) is 0 Å². The number of methoxy groups -OCH3 is 1. The minimum atomic E-state index is -0.340. The van der Waals surface area contributed by atoms with Crippen molar-refractivity contribution >= 4 is 34.3 Å². The van der Waals surface area contributed by atoms with Crippen LogP contribution < -0.4 is 15.0 Å². The van der Waals surface area contributed by atoms with E-state index in [0.29, 0.717) is 18.2 Å². The van der Waals surface area contributed by atoms with Crippen LogP contribution in [0.25, 0.3) is 0 Å². The molecule has 2 aromatic rings. The van der Waals surface area contributed by atoms with E-state index in [1.54, 1.807) is 26.2 Å². The number of nitrogens with zero attached hydrogens (tertiary/aromatic N) is 3. The number of ether oxygens (including phenoxy) is 2. The van der Waals surface area contributed by atoms with Gasteiger partial charge in [0.1, 0.15) is 10.7 Å². The molecule has 1 aliphatic carbocycles. The first kappa shape index (κ1) is 25.2. The van der Waals surface area contributed by atoms with E-state index in [1.165, 1.54) is 5.69 Å². The molecule has 2 aliphatic rings. The van der Waals surface area contributed by atoms with Crippen LogP contribution in [-0.2, 0) is 4.74 Å². The third-order valence-corrected chi connectivity index (χ3v) is 7.33. The number of benzene rings is 2. The summed E-state index contributed by atoms with van der Waals surface area (Å²) in [5, 5.41) is 14.5. The number of hydrogen-bond donors (Lipinski definition) is 1. The largest absolute Gasteiger partial charge is 0.497 e. The highest BCUT2D eigenvalue weighted by Crippen LogP contribution is 2.27.